The third-order valence-corrected chi connectivity index (χ3v) is 2.99. The Morgan fingerprint density at radius 1 is 1.32 bits per heavy atom. The van der Waals surface area contributed by atoms with Crippen molar-refractivity contribution in [3.63, 3.8) is 0 Å². The average molecular weight is 257 g/mol. The molecular formula is C13H15N5O. The van der Waals surface area contributed by atoms with Crippen molar-refractivity contribution in [3.05, 3.63) is 34.3 Å². The Morgan fingerprint density at radius 2 is 2.05 bits per heavy atom. The fourth-order valence-corrected chi connectivity index (χ4v) is 1.81. The van der Waals surface area contributed by atoms with Crippen LogP contribution in [0.25, 0.3) is 0 Å². The van der Waals surface area contributed by atoms with Crippen LogP contribution >= 0.6 is 0 Å². The van der Waals surface area contributed by atoms with E-state index in [0.29, 0.717) is 17.9 Å². The zero-order valence-electron chi connectivity index (χ0n) is 11.4. The van der Waals surface area contributed by atoms with Crippen LogP contribution in [0.1, 0.15) is 28.3 Å². The molecule has 2 aromatic rings. The van der Waals surface area contributed by atoms with E-state index in [1.807, 2.05) is 38.8 Å². The van der Waals surface area contributed by atoms with E-state index in [9.17, 15) is 5.26 Å². The van der Waals surface area contributed by atoms with Crippen LogP contribution in [0.5, 0.6) is 0 Å². The second-order valence-electron chi connectivity index (χ2n) is 4.51. The monoisotopic (exact) mass is 257 g/mol. The molecule has 6 heteroatoms. The van der Waals surface area contributed by atoms with Gasteiger partial charge < -0.3 is 9.42 Å². The Hall–Kier alpha value is -2.42. The van der Waals surface area contributed by atoms with Crippen LogP contribution in [0.3, 0.4) is 0 Å². The van der Waals surface area contributed by atoms with Gasteiger partial charge in [-0.2, -0.15) is 10.4 Å². The number of rotatable bonds is 3. The van der Waals surface area contributed by atoms with Gasteiger partial charge in [-0.25, -0.2) is 0 Å². The van der Waals surface area contributed by atoms with E-state index >= 15 is 0 Å². The number of nitriles is 1. The molecule has 0 amide bonds. The number of hydrogen-bond acceptors (Lipinski definition) is 6. The van der Waals surface area contributed by atoms with Crippen molar-refractivity contribution in [2.75, 3.05) is 11.9 Å². The highest BCUT2D eigenvalue weighted by molar-refractivity contribution is 5.57. The number of anilines is 1. The summed E-state index contributed by atoms with van der Waals surface area (Å²) < 4.78 is 5.02. The molecule has 0 aliphatic carbocycles. The minimum Gasteiger partial charge on any atom is -0.361 e. The summed E-state index contributed by atoms with van der Waals surface area (Å²) in [6.07, 6.45) is 0. The molecule has 2 aromatic heterocycles. The van der Waals surface area contributed by atoms with Crippen molar-refractivity contribution >= 4 is 5.82 Å². The van der Waals surface area contributed by atoms with Crippen LogP contribution in [0.15, 0.2) is 10.6 Å². The molecule has 0 aliphatic rings. The molecule has 0 N–H and O–H groups in total. The molecule has 0 aromatic carbocycles. The second-order valence-corrected chi connectivity index (χ2v) is 4.51. The quantitative estimate of drug-likeness (QED) is 0.835. The highest BCUT2D eigenvalue weighted by atomic mass is 16.5. The molecule has 6 nitrogen and oxygen atoms in total. The molecule has 2 rings (SSSR count). The van der Waals surface area contributed by atoms with Gasteiger partial charge in [0, 0.05) is 13.1 Å². The van der Waals surface area contributed by atoms with Gasteiger partial charge in [0.05, 0.1) is 12.2 Å². The Morgan fingerprint density at radius 3 is 2.63 bits per heavy atom. The molecule has 0 spiro atoms. The van der Waals surface area contributed by atoms with Gasteiger partial charge in [-0.1, -0.05) is 5.16 Å². The molecule has 19 heavy (non-hydrogen) atoms. The minimum absolute atomic E-state index is 0.517. The first-order valence-electron chi connectivity index (χ1n) is 5.90. The van der Waals surface area contributed by atoms with Crippen molar-refractivity contribution in [1.82, 2.24) is 15.4 Å². The van der Waals surface area contributed by atoms with E-state index in [1.54, 1.807) is 0 Å². The van der Waals surface area contributed by atoms with Gasteiger partial charge in [0.25, 0.3) is 0 Å². The summed E-state index contributed by atoms with van der Waals surface area (Å²) in [5.74, 6) is 1.32. The zero-order chi connectivity index (χ0) is 14.0. The van der Waals surface area contributed by atoms with E-state index < -0.39 is 0 Å². The number of aromatic nitrogens is 3. The largest absolute Gasteiger partial charge is 0.361 e. The molecule has 0 radical (unpaired) electrons. The molecule has 0 saturated heterocycles. The summed E-state index contributed by atoms with van der Waals surface area (Å²) in [5.41, 5.74) is 2.97. The Balaban J connectivity index is 2.32. The van der Waals surface area contributed by atoms with Crippen LogP contribution in [0.4, 0.5) is 5.82 Å². The molecule has 0 saturated carbocycles. The maximum Gasteiger partial charge on any atom is 0.169 e. The van der Waals surface area contributed by atoms with Crippen molar-refractivity contribution in [2.24, 2.45) is 0 Å². The smallest absolute Gasteiger partial charge is 0.169 e. The van der Waals surface area contributed by atoms with Gasteiger partial charge in [0.1, 0.15) is 23.1 Å². The van der Waals surface area contributed by atoms with Crippen LogP contribution in [0.2, 0.25) is 0 Å². The molecule has 98 valence electrons. The highest BCUT2D eigenvalue weighted by Gasteiger charge is 2.15. The van der Waals surface area contributed by atoms with E-state index in [-0.39, 0.29) is 0 Å². The van der Waals surface area contributed by atoms with E-state index in [2.05, 4.69) is 21.4 Å². The zero-order valence-corrected chi connectivity index (χ0v) is 11.4. The summed E-state index contributed by atoms with van der Waals surface area (Å²) in [6, 6.07) is 4.05. The first-order valence-corrected chi connectivity index (χ1v) is 5.90. The van der Waals surface area contributed by atoms with E-state index in [4.69, 9.17) is 4.52 Å². The van der Waals surface area contributed by atoms with Gasteiger partial charge in [-0.05, 0) is 26.3 Å². The fourth-order valence-electron chi connectivity index (χ4n) is 1.81. The fraction of sp³-hybridized carbons (Fsp3) is 0.385. The lowest BCUT2D eigenvalue weighted by Gasteiger charge is -2.18. The first-order chi connectivity index (χ1) is 9.02. The van der Waals surface area contributed by atoms with Gasteiger partial charge in [0.15, 0.2) is 5.82 Å². The Kier molecular flexibility index (Phi) is 3.47. The van der Waals surface area contributed by atoms with Gasteiger partial charge in [-0.3, -0.25) is 0 Å². The SMILES string of the molecule is Cc1cc(CN(C)c2nnc(C)c(C)c2C#N)no1. The van der Waals surface area contributed by atoms with Crippen LogP contribution in [-0.2, 0) is 6.54 Å². The molecule has 2 heterocycles. The maximum absolute atomic E-state index is 9.26. The van der Waals surface area contributed by atoms with E-state index in [1.165, 1.54) is 0 Å². The van der Waals surface area contributed by atoms with E-state index in [0.717, 1.165) is 22.7 Å². The minimum atomic E-state index is 0.517. The molecule has 0 atom stereocenters. The van der Waals surface area contributed by atoms with Gasteiger partial charge in [0.2, 0.25) is 0 Å². The van der Waals surface area contributed by atoms with Gasteiger partial charge >= 0.3 is 0 Å². The molecule has 0 unspecified atom stereocenters. The molecule has 0 aliphatic heterocycles. The molecule has 0 fully saturated rings. The van der Waals surface area contributed by atoms with Gasteiger partial charge in [-0.15, -0.1) is 5.10 Å². The van der Waals surface area contributed by atoms with Crippen molar-refractivity contribution in [2.45, 2.75) is 27.3 Å². The third kappa shape index (κ3) is 2.55. The van der Waals surface area contributed by atoms with Crippen molar-refractivity contribution in [1.29, 1.82) is 5.26 Å². The summed E-state index contributed by atoms with van der Waals surface area (Å²) >= 11 is 0. The summed E-state index contributed by atoms with van der Waals surface area (Å²) in [7, 11) is 1.85. The lowest BCUT2D eigenvalue weighted by molar-refractivity contribution is 0.390. The third-order valence-electron chi connectivity index (χ3n) is 2.99. The number of nitrogens with zero attached hydrogens (tertiary/aromatic N) is 5. The molecule has 0 bridgehead atoms. The topological polar surface area (TPSA) is 78.8 Å². The highest BCUT2D eigenvalue weighted by Crippen LogP contribution is 2.21. The Labute approximate surface area is 111 Å². The lowest BCUT2D eigenvalue weighted by Crippen LogP contribution is -2.20. The normalized spacial score (nSPS) is 10.3. The number of aryl methyl sites for hydroxylation is 2. The van der Waals surface area contributed by atoms with Crippen molar-refractivity contribution < 1.29 is 4.52 Å². The van der Waals surface area contributed by atoms with Crippen LogP contribution in [0, 0.1) is 32.1 Å². The van der Waals surface area contributed by atoms with Crippen LogP contribution in [-0.4, -0.2) is 22.4 Å². The van der Waals surface area contributed by atoms with Crippen molar-refractivity contribution in [3.8, 4) is 6.07 Å². The maximum atomic E-state index is 9.26. The summed E-state index contributed by atoms with van der Waals surface area (Å²) in [4.78, 5) is 1.84. The predicted molar refractivity (Wildman–Crippen MR) is 69.6 cm³/mol. The standard InChI is InChI=1S/C13H15N5O/c1-8-5-11(17-19-8)7-18(4)13-12(6-14)9(2)10(3)15-16-13/h5H,7H2,1-4H3. The first kappa shape index (κ1) is 13.0. The second kappa shape index (κ2) is 5.06. The summed E-state index contributed by atoms with van der Waals surface area (Å²) in [5, 5.41) is 21.4. The summed E-state index contributed by atoms with van der Waals surface area (Å²) in [6.45, 7) is 6.07. The molecular weight excluding hydrogens is 242 g/mol. The average Bonchev–Trinajstić information content (AvgIpc) is 2.77. The lowest BCUT2D eigenvalue weighted by atomic mass is 10.1. The predicted octanol–water partition coefficient (Wildman–Crippen LogP) is 1.90. The van der Waals surface area contributed by atoms with Crippen LogP contribution < -0.4 is 4.90 Å². The Bertz CT molecular complexity index is 641. The number of hydrogen-bond donors (Lipinski definition) is 0.